The number of nitrogens with zero attached hydrogens (tertiary/aromatic N) is 5. The molecule has 0 amide bonds. The Balaban J connectivity index is 1.53. The molecule has 0 spiro atoms. The number of para-hydroxylation sites is 1. The molecule has 1 fully saturated rings. The maximum atomic E-state index is 12.7. The number of aromatic nitrogens is 3. The maximum Gasteiger partial charge on any atom is 0.229 e. The summed E-state index contributed by atoms with van der Waals surface area (Å²) < 4.78 is 13.4. The molecule has 1 aromatic carbocycles. The standard InChI is InChI=1S/C22H26BrClN7OP/c1-30-8-10-31(11-9-30)21-17(24)12-15(13-25-21)27-22-26-14-16(23)20(29-22)28-18-6-4-5-7-19(18)33(2,3)32/h4-7,12-14H,8-11H2,1-3H3,(H2,26,27,28,29). The number of nitrogens with one attached hydrogen (secondary N) is 2. The smallest absolute Gasteiger partial charge is 0.229 e. The molecule has 3 aromatic rings. The predicted molar refractivity (Wildman–Crippen MR) is 141 cm³/mol. The van der Waals surface area contributed by atoms with Gasteiger partial charge in [-0.15, -0.1) is 0 Å². The highest BCUT2D eigenvalue weighted by atomic mass is 79.9. The number of piperazine rings is 1. The van der Waals surface area contributed by atoms with E-state index in [9.17, 15) is 4.57 Å². The van der Waals surface area contributed by atoms with Crippen molar-refractivity contribution in [1.82, 2.24) is 19.9 Å². The molecule has 2 N–H and O–H groups in total. The fraction of sp³-hybridized carbons (Fsp3) is 0.318. The average Bonchev–Trinajstić information content (AvgIpc) is 2.77. The van der Waals surface area contributed by atoms with Crippen molar-refractivity contribution in [2.45, 2.75) is 0 Å². The number of anilines is 5. The summed E-state index contributed by atoms with van der Waals surface area (Å²) >= 11 is 10.0. The Morgan fingerprint density at radius 2 is 1.79 bits per heavy atom. The third-order valence-electron chi connectivity index (χ3n) is 5.36. The van der Waals surface area contributed by atoms with Crippen molar-refractivity contribution in [3.8, 4) is 0 Å². The van der Waals surface area contributed by atoms with Crippen molar-refractivity contribution in [3.63, 3.8) is 0 Å². The quantitative estimate of drug-likeness (QED) is 0.425. The lowest BCUT2D eigenvalue weighted by Crippen LogP contribution is -2.44. The van der Waals surface area contributed by atoms with Gasteiger partial charge in [0.2, 0.25) is 5.95 Å². The Labute approximate surface area is 207 Å². The van der Waals surface area contributed by atoms with E-state index in [-0.39, 0.29) is 0 Å². The Morgan fingerprint density at radius 1 is 1.06 bits per heavy atom. The zero-order valence-corrected chi connectivity index (χ0v) is 22.0. The van der Waals surface area contributed by atoms with Gasteiger partial charge in [0.1, 0.15) is 18.8 Å². The number of pyridine rings is 1. The molecular weight excluding hydrogens is 525 g/mol. The number of hydrogen-bond donors (Lipinski definition) is 2. The van der Waals surface area contributed by atoms with Gasteiger partial charge in [-0.1, -0.05) is 23.7 Å². The molecule has 1 saturated heterocycles. The molecule has 1 aliphatic rings. The van der Waals surface area contributed by atoms with Crippen molar-refractivity contribution in [2.75, 3.05) is 62.1 Å². The minimum absolute atomic E-state index is 0.388. The molecule has 4 rings (SSSR count). The molecule has 1 aliphatic heterocycles. The summed E-state index contributed by atoms with van der Waals surface area (Å²) in [6, 6.07) is 9.36. The van der Waals surface area contributed by atoms with Gasteiger partial charge in [-0.05, 0) is 54.5 Å². The number of hydrogen-bond acceptors (Lipinski definition) is 8. The van der Waals surface area contributed by atoms with E-state index in [0.717, 1.165) is 43.0 Å². The van der Waals surface area contributed by atoms with Crippen LogP contribution in [0.1, 0.15) is 0 Å². The first kappa shape index (κ1) is 24.0. The van der Waals surface area contributed by atoms with Crippen molar-refractivity contribution < 1.29 is 4.57 Å². The summed E-state index contributed by atoms with van der Waals surface area (Å²) in [5, 5.41) is 7.79. The molecule has 0 aliphatic carbocycles. The second kappa shape index (κ2) is 9.97. The molecular formula is C22H26BrClN7OP. The number of benzene rings is 1. The van der Waals surface area contributed by atoms with Gasteiger partial charge in [-0.25, -0.2) is 9.97 Å². The maximum absolute atomic E-state index is 12.7. The largest absolute Gasteiger partial charge is 0.353 e. The first-order valence-corrected chi connectivity index (χ1v) is 14.3. The molecule has 11 heteroatoms. The Morgan fingerprint density at radius 3 is 2.48 bits per heavy atom. The minimum atomic E-state index is -2.47. The second-order valence-corrected chi connectivity index (χ2v) is 12.8. The fourth-order valence-electron chi connectivity index (χ4n) is 3.57. The highest BCUT2D eigenvalue weighted by molar-refractivity contribution is 9.10. The van der Waals surface area contributed by atoms with Crippen molar-refractivity contribution in [3.05, 3.63) is 52.2 Å². The van der Waals surface area contributed by atoms with Crippen LogP contribution in [0, 0.1) is 0 Å². The van der Waals surface area contributed by atoms with E-state index in [1.165, 1.54) is 0 Å². The van der Waals surface area contributed by atoms with E-state index in [1.54, 1.807) is 25.7 Å². The van der Waals surface area contributed by atoms with Crippen LogP contribution in [0.2, 0.25) is 5.02 Å². The van der Waals surface area contributed by atoms with E-state index in [0.29, 0.717) is 26.9 Å². The first-order chi connectivity index (χ1) is 15.7. The monoisotopic (exact) mass is 549 g/mol. The van der Waals surface area contributed by atoms with Gasteiger partial charge in [0, 0.05) is 37.7 Å². The first-order valence-electron chi connectivity index (χ1n) is 10.5. The number of likely N-dealkylation sites (N-methyl/N-ethyl adjacent to an activating group) is 1. The molecule has 0 atom stereocenters. The summed E-state index contributed by atoms with van der Waals surface area (Å²) in [5.41, 5.74) is 1.44. The molecule has 0 bridgehead atoms. The highest BCUT2D eigenvalue weighted by Gasteiger charge is 2.19. The molecule has 3 heterocycles. The third-order valence-corrected chi connectivity index (χ3v) is 7.77. The van der Waals surface area contributed by atoms with Crippen LogP contribution in [0.4, 0.5) is 29.0 Å². The molecule has 8 nitrogen and oxygen atoms in total. The van der Waals surface area contributed by atoms with Crippen LogP contribution in [0.5, 0.6) is 0 Å². The lowest BCUT2D eigenvalue weighted by molar-refractivity contribution is 0.312. The summed E-state index contributed by atoms with van der Waals surface area (Å²) in [5.74, 6) is 1.73. The van der Waals surface area contributed by atoms with Gasteiger partial charge in [0.15, 0.2) is 0 Å². The Bertz CT molecular complexity index is 1200. The van der Waals surface area contributed by atoms with Crippen LogP contribution in [0.3, 0.4) is 0 Å². The normalized spacial score (nSPS) is 14.9. The predicted octanol–water partition coefficient (Wildman–Crippen LogP) is 4.77. The lowest BCUT2D eigenvalue weighted by atomic mass is 10.3. The topological polar surface area (TPSA) is 86.3 Å². The van der Waals surface area contributed by atoms with Gasteiger partial charge in [-0.3, -0.25) is 0 Å². The van der Waals surface area contributed by atoms with Crippen LogP contribution < -0.4 is 20.8 Å². The van der Waals surface area contributed by atoms with Crippen LogP contribution in [-0.2, 0) is 4.57 Å². The van der Waals surface area contributed by atoms with E-state index in [2.05, 4.69) is 58.4 Å². The minimum Gasteiger partial charge on any atom is -0.353 e. The van der Waals surface area contributed by atoms with Gasteiger partial charge < -0.3 is 25.0 Å². The van der Waals surface area contributed by atoms with Gasteiger partial charge in [0.05, 0.1) is 27.1 Å². The Kier molecular flexibility index (Phi) is 7.24. The SMILES string of the molecule is CN1CCN(c2ncc(Nc3ncc(Br)c(Nc4ccccc4P(C)(C)=O)n3)cc2Cl)CC1. The van der Waals surface area contributed by atoms with E-state index < -0.39 is 7.14 Å². The zero-order valence-electron chi connectivity index (χ0n) is 18.7. The molecule has 0 saturated carbocycles. The molecule has 0 unspecified atom stereocenters. The molecule has 2 aromatic heterocycles. The summed E-state index contributed by atoms with van der Waals surface area (Å²) in [6.07, 6.45) is 3.39. The van der Waals surface area contributed by atoms with Crippen LogP contribution in [0.15, 0.2) is 47.2 Å². The number of rotatable bonds is 6. The zero-order chi connectivity index (χ0) is 23.6. The average molecular weight is 551 g/mol. The van der Waals surface area contributed by atoms with E-state index in [1.807, 2.05) is 30.3 Å². The Hall–Kier alpha value is -2.19. The van der Waals surface area contributed by atoms with Crippen molar-refractivity contribution in [1.29, 1.82) is 0 Å². The number of halogens is 2. The lowest BCUT2D eigenvalue weighted by Gasteiger charge is -2.33. The van der Waals surface area contributed by atoms with E-state index in [4.69, 9.17) is 11.6 Å². The van der Waals surface area contributed by atoms with Crippen LogP contribution in [0.25, 0.3) is 0 Å². The highest BCUT2D eigenvalue weighted by Crippen LogP contribution is 2.38. The van der Waals surface area contributed by atoms with Gasteiger partial charge in [-0.2, -0.15) is 4.98 Å². The van der Waals surface area contributed by atoms with Gasteiger partial charge >= 0.3 is 0 Å². The second-order valence-electron chi connectivity index (χ2n) is 8.33. The van der Waals surface area contributed by atoms with Crippen molar-refractivity contribution in [2.24, 2.45) is 0 Å². The van der Waals surface area contributed by atoms with Crippen LogP contribution >= 0.6 is 34.7 Å². The summed E-state index contributed by atoms with van der Waals surface area (Å²) in [7, 11) is -0.353. The van der Waals surface area contributed by atoms with Crippen LogP contribution in [-0.4, -0.2) is 66.4 Å². The third kappa shape index (κ3) is 5.84. The summed E-state index contributed by atoms with van der Waals surface area (Å²) in [4.78, 5) is 18.0. The summed E-state index contributed by atoms with van der Waals surface area (Å²) in [6.45, 7) is 7.25. The van der Waals surface area contributed by atoms with Gasteiger partial charge in [0.25, 0.3) is 0 Å². The molecule has 33 heavy (non-hydrogen) atoms. The van der Waals surface area contributed by atoms with E-state index >= 15 is 0 Å². The molecule has 174 valence electrons. The van der Waals surface area contributed by atoms with Crippen molar-refractivity contribution >= 4 is 68.9 Å². The fourth-order valence-corrected chi connectivity index (χ4v) is 5.30. The molecule has 0 radical (unpaired) electrons.